The maximum Gasteiger partial charge on any atom is 0.0209 e. The van der Waals surface area contributed by atoms with Crippen molar-refractivity contribution in [3.8, 4) is 0 Å². The maximum absolute atomic E-state index is 3.76. The first-order chi connectivity index (χ1) is 6.92. The van der Waals surface area contributed by atoms with E-state index in [1.165, 1.54) is 50.3 Å². The highest BCUT2D eigenvalue weighted by atomic mass is 32.2. The van der Waals surface area contributed by atoms with E-state index in [-0.39, 0.29) is 0 Å². The van der Waals surface area contributed by atoms with Gasteiger partial charge in [-0.2, -0.15) is 11.8 Å². The van der Waals surface area contributed by atoms with Crippen molar-refractivity contribution in [1.82, 2.24) is 10.2 Å². The summed E-state index contributed by atoms with van der Waals surface area (Å²) in [6.45, 7) is 2.66. The van der Waals surface area contributed by atoms with Crippen molar-refractivity contribution in [2.45, 2.75) is 43.8 Å². The van der Waals surface area contributed by atoms with Crippen LogP contribution in [-0.4, -0.2) is 47.6 Å². The van der Waals surface area contributed by atoms with Gasteiger partial charge in [-0.3, -0.25) is 4.90 Å². The lowest BCUT2D eigenvalue weighted by Gasteiger charge is -2.23. The molecular formula is C11H20N2S. The van der Waals surface area contributed by atoms with Crippen molar-refractivity contribution in [2.24, 2.45) is 0 Å². The molecule has 0 spiro atoms. The number of nitrogens with zero attached hydrogens (tertiary/aromatic N) is 1. The van der Waals surface area contributed by atoms with Crippen LogP contribution >= 0.6 is 11.8 Å². The van der Waals surface area contributed by atoms with E-state index in [9.17, 15) is 0 Å². The van der Waals surface area contributed by atoms with E-state index in [1.807, 2.05) is 0 Å². The van der Waals surface area contributed by atoms with Crippen LogP contribution in [0.15, 0.2) is 0 Å². The van der Waals surface area contributed by atoms with Crippen LogP contribution in [0, 0.1) is 0 Å². The van der Waals surface area contributed by atoms with Gasteiger partial charge < -0.3 is 5.32 Å². The van der Waals surface area contributed by atoms with Gasteiger partial charge in [-0.15, -0.1) is 0 Å². The molecule has 2 nitrogen and oxygen atoms in total. The molecule has 2 unspecified atom stereocenters. The second-order valence-corrected chi connectivity index (χ2v) is 6.09. The van der Waals surface area contributed by atoms with Gasteiger partial charge in [0.25, 0.3) is 0 Å². The van der Waals surface area contributed by atoms with Gasteiger partial charge in [-0.05, 0) is 31.4 Å². The zero-order chi connectivity index (χ0) is 9.38. The van der Waals surface area contributed by atoms with E-state index < -0.39 is 0 Å². The quantitative estimate of drug-likeness (QED) is 0.759. The molecule has 3 heteroatoms. The highest BCUT2D eigenvalue weighted by Gasteiger charge is 2.32. The molecule has 3 fully saturated rings. The topological polar surface area (TPSA) is 15.3 Å². The molecule has 0 aromatic carbocycles. The summed E-state index contributed by atoms with van der Waals surface area (Å²) in [5.74, 6) is 2.78. The summed E-state index contributed by atoms with van der Waals surface area (Å²) in [7, 11) is 0. The van der Waals surface area contributed by atoms with E-state index in [0.29, 0.717) is 0 Å². The number of rotatable bonds is 3. The minimum absolute atomic E-state index is 0.813. The van der Waals surface area contributed by atoms with Crippen LogP contribution in [0.3, 0.4) is 0 Å². The zero-order valence-corrected chi connectivity index (χ0v) is 9.56. The summed E-state index contributed by atoms with van der Waals surface area (Å²) in [5, 5.41) is 3.76. The first-order valence-electron chi connectivity index (χ1n) is 5.99. The monoisotopic (exact) mass is 212 g/mol. The lowest BCUT2D eigenvalue weighted by atomic mass is 10.2. The summed E-state index contributed by atoms with van der Waals surface area (Å²) in [6.07, 6.45) is 5.67. The number of likely N-dealkylation sites (tertiary alicyclic amines) is 1. The molecule has 3 aliphatic rings. The third-order valence-electron chi connectivity index (χ3n) is 3.69. The summed E-state index contributed by atoms with van der Waals surface area (Å²) in [5.41, 5.74) is 0. The average molecular weight is 212 g/mol. The van der Waals surface area contributed by atoms with Crippen LogP contribution < -0.4 is 5.32 Å². The Balaban J connectivity index is 1.47. The van der Waals surface area contributed by atoms with E-state index in [4.69, 9.17) is 0 Å². The molecule has 3 rings (SSSR count). The average Bonchev–Trinajstić information content (AvgIpc) is 2.71. The fraction of sp³-hybridized carbons (Fsp3) is 1.00. The van der Waals surface area contributed by atoms with Crippen LogP contribution in [0.2, 0.25) is 0 Å². The van der Waals surface area contributed by atoms with Gasteiger partial charge in [0.05, 0.1) is 0 Å². The molecular weight excluding hydrogens is 192 g/mol. The van der Waals surface area contributed by atoms with Crippen LogP contribution in [-0.2, 0) is 0 Å². The Hall–Kier alpha value is 0.270. The predicted octanol–water partition coefficient (Wildman–Crippen LogP) is 1.32. The highest BCUT2D eigenvalue weighted by Crippen LogP contribution is 2.27. The van der Waals surface area contributed by atoms with Crippen molar-refractivity contribution < 1.29 is 0 Å². The van der Waals surface area contributed by atoms with Crippen molar-refractivity contribution in [2.75, 3.05) is 24.6 Å². The number of nitrogens with one attached hydrogen (secondary N) is 1. The van der Waals surface area contributed by atoms with Crippen molar-refractivity contribution in [3.05, 3.63) is 0 Å². The number of hydrogen-bond acceptors (Lipinski definition) is 3. The summed E-state index contributed by atoms with van der Waals surface area (Å²) >= 11 is 2.13. The van der Waals surface area contributed by atoms with Crippen LogP contribution in [0.25, 0.3) is 0 Å². The molecule has 0 bridgehead atoms. The largest absolute Gasteiger partial charge is 0.310 e. The van der Waals surface area contributed by atoms with Crippen LogP contribution in [0.1, 0.15) is 25.7 Å². The second kappa shape index (κ2) is 4.03. The summed E-state index contributed by atoms with van der Waals surface area (Å²) in [6, 6.07) is 2.61. The van der Waals surface area contributed by atoms with Crippen LogP contribution in [0.4, 0.5) is 0 Å². The molecule has 2 atom stereocenters. The van der Waals surface area contributed by atoms with E-state index in [0.717, 1.165) is 18.1 Å². The van der Waals surface area contributed by atoms with Crippen molar-refractivity contribution >= 4 is 11.8 Å². The predicted molar refractivity (Wildman–Crippen MR) is 61.9 cm³/mol. The Morgan fingerprint density at radius 1 is 1.07 bits per heavy atom. The van der Waals surface area contributed by atoms with Gasteiger partial charge in [-0.25, -0.2) is 0 Å². The fourth-order valence-electron chi connectivity index (χ4n) is 2.65. The normalized spacial score (nSPS) is 39.4. The molecule has 1 saturated carbocycles. The van der Waals surface area contributed by atoms with E-state index >= 15 is 0 Å². The van der Waals surface area contributed by atoms with Gasteiger partial charge in [-0.1, -0.05) is 0 Å². The standard InChI is InChI=1S/C11H20N2S/c1-2-9(1)12-10-3-5-13(7-10)11-4-6-14-8-11/h9-12H,1-8H2. The third kappa shape index (κ3) is 2.10. The molecule has 2 aliphatic heterocycles. The highest BCUT2D eigenvalue weighted by molar-refractivity contribution is 7.99. The number of thioether (sulfide) groups is 1. The third-order valence-corrected chi connectivity index (χ3v) is 4.84. The molecule has 1 aliphatic carbocycles. The number of hydrogen-bond donors (Lipinski definition) is 1. The van der Waals surface area contributed by atoms with Crippen molar-refractivity contribution in [1.29, 1.82) is 0 Å². The minimum atomic E-state index is 0.813. The lowest BCUT2D eigenvalue weighted by Crippen LogP contribution is -2.38. The van der Waals surface area contributed by atoms with E-state index in [1.54, 1.807) is 0 Å². The van der Waals surface area contributed by atoms with Crippen molar-refractivity contribution in [3.63, 3.8) is 0 Å². The zero-order valence-electron chi connectivity index (χ0n) is 8.74. The molecule has 0 aromatic rings. The Morgan fingerprint density at radius 3 is 2.71 bits per heavy atom. The fourth-order valence-corrected chi connectivity index (χ4v) is 3.90. The van der Waals surface area contributed by atoms with Gasteiger partial charge in [0.1, 0.15) is 0 Å². The molecule has 0 amide bonds. The van der Waals surface area contributed by atoms with Gasteiger partial charge in [0.15, 0.2) is 0 Å². The Morgan fingerprint density at radius 2 is 2.00 bits per heavy atom. The molecule has 0 aromatic heterocycles. The lowest BCUT2D eigenvalue weighted by molar-refractivity contribution is 0.257. The maximum atomic E-state index is 3.76. The Bertz CT molecular complexity index is 199. The molecule has 1 N–H and O–H groups in total. The molecule has 14 heavy (non-hydrogen) atoms. The Kier molecular flexibility index (Phi) is 2.73. The van der Waals surface area contributed by atoms with Gasteiger partial charge in [0.2, 0.25) is 0 Å². The van der Waals surface area contributed by atoms with Crippen LogP contribution in [0.5, 0.6) is 0 Å². The molecule has 0 radical (unpaired) electrons. The van der Waals surface area contributed by atoms with E-state index in [2.05, 4.69) is 22.0 Å². The molecule has 2 heterocycles. The SMILES string of the molecule is C1CC(N2CCC(NC3CC3)C2)CS1. The summed E-state index contributed by atoms with van der Waals surface area (Å²) < 4.78 is 0. The molecule has 80 valence electrons. The first-order valence-corrected chi connectivity index (χ1v) is 7.15. The molecule has 2 saturated heterocycles. The van der Waals surface area contributed by atoms with Gasteiger partial charge in [0, 0.05) is 37.0 Å². The Labute approximate surface area is 90.8 Å². The summed E-state index contributed by atoms with van der Waals surface area (Å²) in [4.78, 5) is 2.72. The smallest absolute Gasteiger partial charge is 0.0209 e. The first kappa shape index (κ1) is 9.49. The second-order valence-electron chi connectivity index (χ2n) is 4.94. The van der Waals surface area contributed by atoms with Gasteiger partial charge >= 0.3 is 0 Å². The minimum Gasteiger partial charge on any atom is -0.310 e.